The molecular formula is C20H23ClFN3O2. The maximum Gasteiger partial charge on any atom is 0.236 e. The van der Waals surface area contributed by atoms with E-state index < -0.39 is 5.82 Å². The average Bonchev–Trinajstić information content (AvgIpc) is 2.66. The monoisotopic (exact) mass is 391 g/mol. The Labute approximate surface area is 163 Å². The van der Waals surface area contributed by atoms with Crippen LogP contribution in [-0.2, 0) is 11.3 Å². The average molecular weight is 392 g/mol. The first-order chi connectivity index (χ1) is 12.9. The number of carbonyl (C=O) groups is 1. The molecule has 0 bridgehead atoms. The minimum atomic E-state index is -0.398. The van der Waals surface area contributed by atoms with Gasteiger partial charge in [0, 0.05) is 56.0 Å². The van der Waals surface area contributed by atoms with Crippen LogP contribution in [0.5, 0.6) is 5.75 Å². The third-order valence-corrected chi connectivity index (χ3v) is 5.18. The number of hydrogen-bond acceptors (Lipinski definition) is 4. The Bertz CT molecular complexity index is 772. The summed E-state index contributed by atoms with van der Waals surface area (Å²) in [4.78, 5) is 18.3. The van der Waals surface area contributed by atoms with Gasteiger partial charge in [0.1, 0.15) is 11.6 Å². The Morgan fingerprint density at radius 2 is 1.81 bits per heavy atom. The summed E-state index contributed by atoms with van der Waals surface area (Å²) in [6.45, 7) is 3.59. The van der Waals surface area contributed by atoms with Gasteiger partial charge in [0.15, 0.2) is 0 Å². The summed E-state index contributed by atoms with van der Waals surface area (Å²) in [6.07, 6.45) is 0. The van der Waals surface area contributed by atoms with Gasteiger partial charge in [-0.2, -0.15) is 0 Å². The number of benzene rings is 2. The number of aromatic hydroxyl groups is 1. The molecule has 1 aliphatic rings. The Hall–Kier alpha value is -2.31. The topological polar surface area (TPSA) is 47.0 Å². The fourth-order valence-electron chi connectivity index (χ4n) is 3.15. The third-order valence-electron chi connectivity index (χ3n) is 4.83. The lowest BCUT2D eigenvalue weighted by atomic mass is 10.2. The molecule has 0 aliphatic carbocycles. The van der Waals surface area contributed by atoms with E-state index in [0.29, 0.717) is 17.1 Å². The summed E-state index contributed by atoms with van der Waals surface area (Å²) in [5.74, 6) is -0.210. The minimum absolute atomic E-state index is 0.0626. The molecule has 144 valence electrons. The Morgan fingerprint density at radius 3 is 2.44 bits per heavy atom. The van der Waals surface area contributed by atoms with E-state index in [1.807, 2.05) is 12.1 Å². The first-order valence-electron chi connectivity index (χ1n) is 8.87. The van der Waals surface area contributed by atoms with Gasteiger partial charge in [0.2, 0.25) is 5.91 Å². The minimum Gasteiger partial charge on any atom is -0.508 e. The van der Waals surface area contributed by atoms with Crippen LogP contribution in [0, 0.1) is 5.82 Å². The van der Waals surface area contributed by atoms with Gasteiger partial charge >= 0.3 is 0 Å². The lowest BCUT2D eigenvalue weighted by Crippen LogP contribution is -2.49. The number of rotatable bonds is 5. The molecule has 0 spiro atoms. The van der Waals surface area contributed by atoms with Gasteiger partial charge in [-0.25, -0.2) is 4.39 Å². The molecule has 2 aromatic carbocycles. The van der Waals surface area contributed by atoms with Crippen LogP contribution in [0.4, 0.5) is 10.1 Å². The zero-order chi connectivity index (χ0) is 19.4. The molecule has 0 atom stereocenters. The van der Waals surface area contributed by atoms with Gasteiger partial charge in [0.25, 0.3) is 0 Å². The fourth-order valence-corrected chi connectivity index (χ4v) is 3.37. The maximum atomic E-state index is 13.9. The maximum absolute atomic E-state index is 13.9. The second-order valence-corrected chi connectivity index (χ2v) is 7.14. The number of phenolic OH excluding ortho intramolecular Hbond substituents is 1. The standard InChI is InChI=1S/C20H23ClFN3O2/c1-23(13-17-18(21)3-2-4-19(17)22)20(27)14-24-9-11-25(12-10-24)15-5-7-16(26)8-6-15/h2-8,26H,9-14H2,1H3. The normalized spacial score (nSPS) is 15.0. The van der Waals surface area contributed by atoms with Crippen LogP contribution in [-0.4, -0.2) is 60.6 Å². The van der Waals surface area contributed by atoms with Crippen LogP contribution in [0.25, 0.3) is 0 Å². The molecule has 0 unspecified atom stereocenters. The van der Waals surface area contributed by atoms with E-state index in [1.165, 1.54) is 11.0 Å². The number of phenols is 1. The Balaban J connectivity index is 1.51. The van der Waals surface area contributed by atoms with E-state index in [9.17, 15) is 14.3 Å². The Morgan fingerprint density at radius 1 is 1.15 bits per heavy atom. The first kappa shape index (κ1) is 19.5. The quantitative estimate of drug-likeness (QED) is 0.851. The van der Waals surface area contributed by atoms with Crippen molar-refractivity contribution in [1.82, 2.24) is 9.80 Å². The van der Waals surface area contributed by atoms with Crippen LogP contribution >= 0.6 is 11.6 Å². The number of nitrogens with zero attached hydrogens (tertiary/aromatic N) is 3. The van der Waals surface area contributed by atoms with Crippen molar-refractivity contribution in [3.63, 3.8) is 0 Å². The SMILES string of the molecule is CN(Cc1c(F)cccc1Cl)C(=O)CN1CCN(c2ccc(O)cc2)CC1. The molecule has 1 fully saturated rings. The van der Waals surface area contributed by atoms with Gasteiger partial charge in [-0.3, -0.25) is 9.69 Å². The van der Waals surface area contributed by atoms with E-state index in [2.05, 4.69) is 9.80 Å². The van der Waals surface area contributed by atoms with Crippen LogP contribution in [0.3, 0.4) is 0 Å². The zero-order valence-corrected chi connectivity index (χ0v) is 16.0. The summed E-state index contributed by atoms with van der Waals surface area (Å²) in [7, 11) is 1.66. The molecule has 0 saturated carbocycles. The van der Waals surface area contributed by atoms with Gasteiger partial charge < -0.3 is 14.9 Å². The smallest absolute Gasteiger partial charge is 0.236 e. The van der Waals surface area contributed by atoms with E-state index in [0.717, 1.165) is 31.9 Å². The fraction of sp³-hybridized carbons (Fsp3) is 0.350. The van der Waals surface area contributed by atoms with Crippen molar-refractivity contribution < 1.29 is 14.3 Å². The molecule has 1 heterocycles. The predicted octanol–water partition coefficient (Wildman–Crippen LogP) is 2.97. The van der Waals surface area contributed by atoms with E-state index in [4.69, 9.17) is 11.6 Å². The molecule has 27 heavy (non-hydrogen) atoms. The van der Waals surface area contributed by atoms with Gasteiger partial charge in [-0.15, -0.1) is 0 Å². The van der Waals surface area contributed by atoms with Gasteiger partial charge in [-0.1, -0.05) is 17.7 Å². The van der Waals surface area contributed by atoms with Crippen molar-refractivity contribution >= 4 is 23.2 Å². The number of amides is 1. The molecule has 0 radical (unpaired) electrons. The van der Waals surface area contributed by atoms with Crippen LogP contribution in [0.2, 0.25) is 5.02 Å². The van der Waals surface area contributed by atoms with Crippen molar-refractivity contribution in [3.05, 3.63) is 58.9 Å². The summed E-state index contributed by atoms with van der Waals surface area (Å²) in [5, 5.41) is 9.72. The van der Waals surface area contributed by atoms with Crippen molar-refractivity contribution in [2.45, 2.75) is 6.54 Å². The number of anilines is 1. The number of carbonyl (C=O) groups excluding carboxylic acids is 1. The van der Waals surface area contributed by atoms with E-state index >= 15 is 0 Å². The summed E-state index contributed by atoms with van der Waals surface area (Å²) >= 11 is 6.04. The molecule has 2 aromatic rings. The highest BCUT2D eigenvalue weighted by Gasteiger charge is 2.21. The lowest BCUT2D eigenvalue weighted by molar-refractivity contribution is -0.131. The molecule has 1 N–H and O–H groups in total. The highest BCUT2D eigenvalue weighted by Crippen LogP contribution is 2.21. The molecule has 1 saturated heterocycles. The second-order valence-electron chi connectivity index (χ2n) is 6.73. The van der Waals surface area contributed by atoms with Gasteiger partial charge in [0.05, 0.1) is 6.54 Å². The summed E-state index contributed by atoms with van der Waals surface area (Å²) in [5.41, 5.74) is 1.40. The van der Waals surface area contributed by atoms with Crippen molar-refractivity contribution in [2.24, 2.45) is 0 Å². The van der Waals surface area contributed by atoms with E-state index in [-0.39, 0.29) is 18.2 Å². The highest BCUT2D eigenvalue weighted by atomic mass is 35.5. The van der Waals surface area contributed by atoms with Crippen molar-refractivity contribution in [2.75, 3.05) is 44.7 Å². The van der Waals surface area contributed by atoms with Crippen molar-refractivity contribution in [1.29, 1.82) is 0 Å². The predicted molar refractivity (Wildman–Crippen MR) is 105 cm³/mol. The van der Waals surface area contributed by atoms with Crippen LogP contribution in [0.1, 0.15) is 5.56 Å². The summed E-state index contributed by atoms with van der Waals surface area (Å²) < 4.78 is 13.9. The number of piperazine rings is 1. The molecule has 7 heteroatoms. The highest BCUT2D eigenvalue weighted by molar-refractivity contribution is 6.31. The Kier molecular flexibility index (Phi) is 6.19. The molecule has 0 aromatic heterocycles. The van der Waals surface area contributed by atoms with Gasteiger partial charge in [-0.05, 0) is 36.4 Å². The lowest BCUT2D eigenvalue weighted by Gasteiger charge is -2.36. The third kappa shape index (κ3) is 4.90. The van der Waals surface area contributed by atoms with E-state index in [1.54, 1.807) is 31.3 Å². The number of likely N-dealkylation sites (N-methyl/N-ethyl adjacent to an activating group) is 1. The zero-order valence-electron chi connectivity index (χ0n) is 15.2. The first-order valence-corrected chi connectivity index (χ1v) is 9.25. The molecule has 5 nitrogen and oxygen atoms in total. The summed E-state index contributed by atoms with van der Waals surface area (Å²) in [6, 6.07) is 11.7. The molecular weight excluding hydrogens is 369 g/mol. The van der Waals surface area contributed by atoms with Crippen LogP contribution < -0.4 is 4.90 Å². The number of hydrogen-bond donors (Lipinski definition) is 1. The molecule has 3 rings (SSSR count). The molecule has 1 amide bonds. The largest absolute Gasteiger partial charge is 0.508 e. The van der Waals surface area contributed by atoms with Crippen molar-refractivity contribution in [3.8, 4) is 5.75 Å². The number of halogens is 2. The molecule has 1 aliphatic heterocycles. The second kappa shape index (κ2) is 8.59. The van der Waals surface area contributed by atoms with Crippen LogP contribution in [0.15, 0.2) is 42.5 Å².